The first kappa shape index (κ1) is 15.2. The normalized spacial score (nSPS) is 27.2. The number of hydrogen-bond acceptors (Lipinski definition) is 4. The topological polar surface area (TPSA) is 46.6 Å². The van der Waals surface area contributed by atoms with E-state index in [1.807, 2.05) is 13.8 Å². The Morgan fingerprint density at radius 3 is 2.65 bits per heavy atom. The highest BCUT2D eigenvalue weighted by Gasteiger charge is 2.25. The molecule has 102 valence electrons. The van der Waals surface area contributed by atoms with Crippen molar-refractivity contribution in [2.45, 2.75) is 32.5 Å². The van der Waals surface area contributed by atoms with E-state index in [9.17, 15) is 8.42 Å². The van der Waals surface area contributed by atoms with Gasteiger partial charge in [0.2, 0.25) is 0 Å². The fourth-order valence-corrected chi connectivity index (χ4v) is 3.62. The van der Waals surface area contributed by atoms with Crippen LogP contribution in [0.25, 0.3) is 0 Å². The summed E-state index contributed by atoms with van der Waals surface area (Å²) < 4.78 is 28.9. The van der Waals surface area contributed by atoms with Gasteiger partial charge in [0, 0.05) is 31.3 Å². The lowest BCUT2D eigenvalue weighted by atomic mass is 10.2. The lowest BCUT2D eigenvalue weighted by Gasteiger charge is -2.35. The summed E-state index contributed by atoms with van der Waals surface area (Å²) in [5.74, 6) is 0.983. The van der Waals surface area contributed by atoms with Crippen molar-refractivity contribution in [2.75, 3.05) is 37.0 Å². The SMILES string of the molecule is CCCS(=O)(=O)CCN1CC(C)OC(CCl)C1. The van der Waals surface area contributed by atoms with E-state index in [0.717, 1.165) is 13.1 Å². The molecule has 0 radical (unpaired) electrons. The third-order valence-corrected chi connectivity index (χ3v) is 4.99. The monoisotopic (exact) mass is 283 g/mol. The van der Waals surface area contributed by atoms with Crippen LogP contribution in [-0.4, -0.2) is 62.5 Å². The molecular weight excluding hydrogens is 262 g/mol. The predicted octanol–water partition coefficient (Wildman–Crippen LogP) is 1.14. The minimum Gasteiger partial charge on any atom is -0.371 e. The van der Waals surface area contributed by atoms with E-state index in [1.54, 1.807) is 0 Å². The molecule has 1 heterocycles. The molecule has 1 fully saturated rings. The largest absolute Gasteiger partial charge is 0.371 e. The third-order valence-electron chi connectivity index (χ3n) is 2.81. The van der Waals surface area contributed by atoms with E-state index < -0.39 is 9.84 Å². The van der Waals surface area contributed by atoms with Crippen molar-refractivity contribution in [1.29, 1.82) is 0 Å². The summed E-state index contributed by atoms with van der Waals surface area (Å²) in [5.41, 5.74) is 0. The molecule has 4 nitrogen and oxygen atoms in total. The minimum atomic E-state index is -2.89. The van der Waals surface area contributed by atoms with Gasteiger partial charge < -0.3 is 4.74 Å². The lowest BCUT2D eigenvalue weighted by Crippen LogP contribution is -2.48. The Morgan fingerprint density at radius 2 is 2.06 bits per heavy atom. The first-order valence-electron chi connectivity index (χ1n) is 6.11. The second kappa shape index (κ2) is 6.92. The Labute approximate surface area is 109 Å². The maximum atomic E-state index is 11.6. The number of sulfone groups is 1. The van der Waals surface area contributed by atoms with Gasteiger partial charge in [-0.3, -0.25) is 4.90 Å². The van der Waals surface area contributed by atoms with E-state index in [4.69, 9.17) is 16.3 Å². The standard InChI is InChI=1S/C11H22ClNO3S/c1-3-5-17(14,15)6-4-13-8-10(2)16-11(7-12)9-13/h10-11H,3-9H2,1-2H3. The van der Waals surface area contributed by atoms with Crippen molar-refractivity contribution in [1.82, 2.24) is 4.90 Å². The van der Waals surface area contributed by atoms with Crippen LogP contribution >= 0.6 is 11.6 Å². The summed E-state index contributed by atoms with van der Waals surface area (Å²) >= 11 is 5.78. The van der Waals surface area contributed by atoms with Crippen LogP contribution in [-0.2, 0) is 14.6 Å². The summed E-state index contributed by atoms with van der Waals surface area (Å²) in [5, 5.41) is 0. The highest BCUT2D eigenvalue weighted by Crippen LogP contribution is 2.12. The molecular formula is C11H22ClNO3S. The summed E-state index contributed by atoms with van der Waals surface area (Å²) in [6, 6.07) is 0. The highest BCUT2D eigenvalue weighted by atomic mass is 35.5. The summed E-state index contributed by atoms with van der Waals surface area (Å²) in [6.45, 7) is 5.98. The van der Waals surface area contributed by atoms with Crippen LogP contribution in [0.15, 0.2) is 0 Å². The van der Waals surface area contributed by atoms with Crippen LogP contribution in [0.4, 0.5) is 0 Å². The molecule has 2 atom stereocenters. The number of ether oxygens (including phenoxy) is 1. The second-order valence-corrected chi connectivity index (χ2v) is 7.25. The summed E-state index contributed by atoms with van der Waals surface area (Å²) in [4.78, 5) is 2.13. The van der Waals surface area contributed by atoms with Gasteiger partial charge >= 0.3 is 0 Å². The molecule has 2 unspecified atom stereocenters. The molecule has 6 heteroatoms. The Morgan fingerprint density at radius 1 is 1.35 bits per heavy atom. The zero-order valence-corrected chi connectivity index (χ0v) is 12.1. The zero-order valence-electron chi connectivity index (χ0n) is 10.6. The van der Waals surface area contributed by atoms with Crippen molar-refractivity contribution in [3.8, 4) is 0 Å². The molecule has 0 bridgehead atoms. The van der Waals surface area contributed by atoms with E-state index in [1.165, 1.54) is 0 Å². The number of morpholine rings is 1. The second-order valence-electron chi connectivity index (χ2n) is 4.63. The van der Waals surface area contributed by atoms with Gasteiger partial charge in [-0.1, -0.05) is 6.92 Å². The first-order chi connectivity index (χ1) is 7.96. The van der Waals surface area contributed by atoms with Crippen LogP contribution in [0.5, 0.6) is 0 Å². The predicted molar refractivity (Wildman–Crippen MR) is 70.4 cm³/mol. The van der Waals surface area contributed by atoms with Gasteiger partial charge in [0.25, 0.3) is 0 Å². The molecule has 17 heavy (non-hydrogen) atoms. The number of nitrogens with zero attached hydrogens (tertiary/aromatic N) is 1. The number of rotatable bonds is 6. The average Bonchev–Trinajstić information content (AvgIpc) is 2.26. The van der Waals surface area contributed by atoms with Gasteiger partial charge in [0.1, 0.15) is 0 Å². The maximum Gasteiger partial charge on any atom is 0.151 e. The van der Waals surface area contributed by atoms with Crippen molar-refractivity contribution < 1.29 is 13.2 Å². The molecule has 0 N–H and O–H groups in total. The molecule has 1 aliphatic heterocycles. The Hall–Kier alpha value is 0.160. The molecule has 1 saturated heterocycles. The zero-order chi connectivity index (χ0) is 12.9. The van der Waals surface area contributed by atoms with Crippen molar-refractivity contribution >= 4 is 21.4 Å². The molecule has 0 aromatic rings. The molecule has 0 amide bonds. The molecule has 0 aromatic carbocycles. The maximum absolute atomic E-state index is 11.6. The number of alkyl halides is 1. The molecule has 1 aliphatic rings. The Kier molecular flexibility index (Phi) is 6.20. The molecule has 0 saturated carbocycles. The molecule has 0 aliphatic carbocycles. The van der Waals surface area contributed by atoms with Crippen LogP contribution in [0.2, 0.25) is 0 Å². The van der Waals surface area contributed by atoms with Crippen LogP contribution in [0, 0.1) is 0 Å². The fraction of sp³-hybridized carbons (Fsp3) is 1.00. The Bertz CT molecular complexity index is 321. The van der Waals surface area contributed by atoms with E-state index in [0.29, 0.717) is 18.8 Å². The van der Waals surface area contributed by atoms with Crippen LogP contribution in [0.1, 0.15) is 20.3 Å². The van der Waals surface area contributed by atoms with Crippen LogP contribution < -0.4 is 0 Å². The summed E-state index contributed by atoms with van der Waals surface area (Å²) in [7, 11) is -2.89. The smallest absolute Gasteiger partial charge is 0.151 e. The average molecular weight is 284 g/mol. The number of hydrogen-bond donors (Lipinski definition) is 0. The van der Waals surface area contributed by atoms with Crippen molar-refractivity contribution in [2.24, 2.45) is 0 Å². The van der Waals surface area contributed by atoms with Gasteiger partial charge in [0.05, 0.1) is 18.0 Å². The minimum absolute atomic E-state index is 0.0225. The number of halogens is 1. The van der Waals surface area contributed by atoms with Gasteiger partial charge in [-0.15, -0.1) is 11.6 Å². The molecule has 0 spiro atoms. The highest BCUT2D eigenvalue weighted by molar-refractivity contribution is 7.91. The quantitative estimate of drug-likeness (QED) is 0.686. The first-order valence-corrected chi connectivity index (χ1v) is 8.46. The van der Waals surface area contributed by atoms with Gasteiger partial charge in [0.15, 0.2) is 9.84 Å². The van der Waals surface area contributed by atoms with Gasteiger partial charge in [-0.05, 0) is 13.3 Å². The van der Waals surface area contributed by atoms with E-state index in [-0.39, 0.29) is 23.7 Å². The van der Waals surface area contributed by atoms with Crippen LogP contribution in [0.3, 0.4) is 0 Å². The van der Waals surface area contributed by atoms with Gasteiger partial charge in [-0.25, -0.2) is 8.42 Å². The third kappa shape index (κ3) is 5.55. The van der Waals surface area contributed by atoms with E-state index in [2.05, 4.69) is 4.90 Å². The van der Waals surface area contributed by atoms with Gasteiger partial charge in [-0.2, -0.15) is 0 Å². The Balaban J connectivity index is 2.41. The van der Waals surface area contributed by atoms with Crippen molar-refractivity contribution in [3.63, 3.8) is 0 Å². The molecule has 0 aromatic heterocycles. The molecule has 1 rings (SSSR count). The fourth-order valence-electron chi connectivity index (χ4n) is 2.09. The summed E-state index contributed by atoms with van der Waals surface area (Å²) in [6.07, 6.45) is 0.835. The lowest BCUT2D eigenvalue weighted by molar-refractivity contribution is -0.0645. The van der Waals surface area contributed by atoms with Crippen molar-refractivity contribution in [3.05, 3.63) is 0 Å². The van der Waals surface area contributed by atoms with E-state index >= 15 is 0 Å².